The van der Waals surface area contributed by atoms with Gasteiger partial charge in [0.25, 0.3) is 0 Å². The van der Waals surface area contributed by atoms with Gasteiger partial charge in [0.15, 0.2) is 12.2 Å². The van der Waals surface area contributed by atoms with Gasteiger partial charge in [-0.3, -0.25) is 4.68 Å². The summed E-state index contributed by atoms with van der Waals surface area (Å²) < 4.78 is 7.50. The highest BCUT2D eigenvalue weighted by molar-refractivity contribution is 5.55. The molecule has 0 spiro atoms. The summed E-state index contributed by atoms with van der Waals surface area (Å²) in [7, 11) is 0. The van der Waals surface area contributed by atoms with E-state index >= 15 is 0 Å². The van der Waals surface area contributed by atoms with Gasteiger partial charge in [-0.25, -0.2) is 4.98 Å². The second-order valence-electron chi connectivity index (χ2n) is 4.77. The highest BCUT2D eigenvalue weighted by Gasteiger charge is 2.22. The topological polar surface area (TPSA) is 55.9 Å². The highest BCUT2D eigenvalue weighted by Crippen LogP contribution is 2.25. The minimum absolute atomic E-state index is 0.673. The fraction of sp³-hybridized carbons (Fsp3) is 0.538. The van der Waals surface area contributed by atoms with Gasteiger partial charge in [0.2, 0.25) is 0 Å². The van der Waals surface area contributed by atoms with Crippen molar-refractivity contribution in [3.63, 3.8) is 0 Å². The Hall–Kier alpha value is -1.62. The molecule has 2 aromatic heterocycles. The molecule has 0 aliphatic heterocycles. The average molecular weight is 246 g/mol. The van der Waals surface area contributed by atoms with Crippen LogP contribution >= 0.6 is 0 Å². The van der Waals surface area contributed by atoms with E-state index in [0.717, 1.165) is 35.9 Å². The van der Waals surface area contributed by atoms with E-state index in [1.807, 2.05) is 17.7 Å². The lowest BCUT2D eigenvalue weighted by atomic mass is 10.2. The normalized spacial score (nSPS) is 15.2. The Bertz CT molecular complexity index is 539. The summed E-state index contributed by atoms with van der Waals surface area (Å²) in [5.41, 5.74) is 2.99. The Morgan fingerprint density at radius 3 is 3.06 bits per heavy atom. The van der Waals surface area contributed by atoms with Crippen LogP contribution in [-0.4, -0.2) is 20.8 Å². The van der Waals surface area contributed by atoms with E-state index in [4.69, 9.17) is 4.42 Å². The minimum Gasteiger partial charge on any atom is -0.442 e. The smallest absolute Gasteiger partial charge is 0.181 e. The quantitative estimate of drug-likeness (QED) is 0.878. The van der Waals surface area contributed by atoms with E-state index in [9.17, 15) is 0 Å². The van der Waals surface area contributed by atoms with Crippen molar-refractivity contribution in [2.24, 2.45) is 0 Å². The molecule has 0 atom stereocenters. The third-order valence-corrected chi connectivity index (χ3v) is 3.21. The molecule has 5 heteroatoms. The average Bonchev–Trinajstić information content (AvgIpc) is 2.95. The van der Waals surface area contributed by atoms with Gasteiger partial charge >= 0.3 is 0 Å². The van der Waals surface area contributed by atoms with Crippen LogP contribution in [0, 0.1) is 6.92 Å². The van der Waals surface area contributed by atoms with E-state index in [2.05, 4.69) is 22.3 Å². The van der Waals surface area contributed by atoms with Crippen molar-refractivity contribution in [2.75, 3.05) is 0 Å². The zero-order chi connectivity index (χ0) is 12.5. The fourth-order valence-electron chi connectivity index (χ4n) is 2.10. The molecular formula is C13H18N4O. The van der Waals surface area contributed by atoms with Crippen molar-refractivity contribution in [3.05, 3.63) is 23.8 Å². The van der Waals surface area contributed by atoms with Crippen molar-refractivity contribution in [2.45, 2.75) is 45.8 Å². The first-order valence-electron chi connectivity index (χ1n) is 6.48. The molecule has 1 fully saturated rings. The summed E-state index contributed by atoms with van der Waals surface area (Å²) in [5.74, 6) is 0.839. The molecule has 0 radical (unpaired) electrons. The van der Waals surface area contributed by atoms with Crippen LogP contribution in [0.1, 0.15) is 31.2 Å². The van der Waals surface area contributed by atoms with Crippen LogP contribution in [0.4, 0.5) is 0 Å². The van der Waals surface area contributed by atoms with Crippen LogP contribution in [0.3, 0.4) is 0 Å². The third kappa shape index (κ3) is 2.18. The molecule has 0 unspecified atom stereocenters. The van der Waals surface area contributed by atoms with Crippen molar-refractivity contribution in [1.29, 1.82) is 0 Å². The monoisotopic (exact) mass is 246 g/mol. The summed E-state index contributed by atoms with van der Waals surface area (Å²) in [6.45, 7) is 5.67. The Morgan fingerprint density at radius 2 is 2.33 bits per heavy atom. The standard InChI is InChI=1S/C13H18N4O/c1-3-17-12(6-9(2)16-17)13-11(15-8-18-13)7-14-10-4-5-10/h6,8,10,14H,3-5,7H2,1-2H3. The second kappa shape index (κ2) is 4.57. The van der Waals surface area contributed by atoms with Gasteiger partial charge in [0.05, 0.1) is 5.69 Å². The molecule has 0 bridgehead atoms. The van der Waals surface area contributed by atoms with Crippen LogP contribution in [0.15, 0.2) is 16.9 Å². The van der Waals surface area contributed by atoms with Crippen LogP contribution in [0.25, 0.3) is 11.5 Å². The molecule has 3 rings (SSSR count). The molecule has 1 saturated carbocycles. The molecule has 0 saturated heterocycles. The lowest BCUT2D eigenvalue weighted by Crippen LogP contribution is -2.16. The summed E-state index contributed by atoms with van der Waals surface area (Å²) in [6, 6.07) is 2.72. The van der Waals surface area contributed by atoms with Gasteiger partial charge in [0, 0.05) is 19.1 Å². The van der Waals surface area contributed by atoms with Crippen molar-refractivity contribution < 1.29 is 4.42 Å². The zero-order valence-corrected chi connectivity index (χ0v) is 10.8. The molecule has 96 valence electrons. The van der Waals surface area contributed by atoms with Gasteiger partial charge in [-0.05, 0) is 32.8 Å². The van der Waals surface area contributed by atoms with E-state index in [1.165, 1.54) is 19.2 Å². The number of aryl methyl sites for hydroxylation is 2. The molecule has 18 heavy (non-hydrogen) atoms. The number of aromatic nitrogens is 3. The van der Waals surface area contributed by atoms with Crippen LogP contribution in [-0.2, 0) is 13.1 Å². The van der Waals surface area contributed by atoms with Crippen LogP contribution in [0.5, 0.6) is 0 Å². The minimum atomic E-state index is 0.673. The van der Waals surface area contributed by atoms with Crippen molar-refractivity contribution in [1.82, 2.24) is 20.1 Å². The van der Waals surface area contributed by atoms with Crippen LogP contribution in [0.2, 0.25) is 0 Å². The van der Waals surface area contributed by atoms with Gasteiger partial charge < -0.3 is 9.73 Å². The fourth-order valence-corrected chi connectivity index (χ4v) is 2.10. The summed E-state index contributed by atoms with van der Waals surface area (Å²) in [4.78, 5) is 4.31. The summed E-state index contributed by atoms with van der Waals surface area (Å²) in [5, 5.41) is 7.90. The molecule has 1 aliphatic carbocycles. The Kier molecular flexibility index (Phi) is 2.91. The first kappa shape index (κ1) is 11.5. The Labute approximate surface area is 106 Å². The van der Waals surface area contributed by atoms with E-state index in [1.54, 1.807) is 0 Å². The van der Waals surface area contributed by atoms with Crippen LogP contribution < -0.4 is 5.32 Å². The maximum absolute atomic E-state index is 5.55. The third-order valence-electron chi connectivity index (χ3n) is 3.21. The molecular weight excluding hydrogens is 228 g/mol. The lowest BCUT2D eigenvalue weighted by molar-refractivity contribution is 0.554. The summed E-state index contributed by atoms with van der Waals surface area (Å²) in [6.07, 6.45) is 4.07. The van der Waals surface area contributed by atoms with E-state index < -0.39 is 0 Å². The molecule has 2 heterocycles. The van der Waals surface area contributed by atoms with Gasteiger partial charge in [-0.1, -0.05) is 0 Å². The number of hydrogen-bond acceptors (Lipinski definition) is 4. The largest absolute Gasteiger partial charge is 0.442 e. The van der Waals surface area contributed by atoms with Gasteiger partial charge in [-0.15, -0.1) is 0 Å². The molecule has 1 aliphatic rings. The first-order valence-corrected chi connectivity index (χ1v) is 6.48. The SMILES string of the molecule is CCn1nc(C)cc1-c1ocnc1CNC1CC1. The summed E-state index contributed by atoms with van der Waals surface area (Å²) >= 11 is 0. The number of hydrogen-bond donors (Lipinski definition) is 1. The Morgan fingerprint density at radius 1 is 1.50 bits per heavy atom. The Balaban J connectivity index is 1.87. The highest BCUT2D eigenvalue weighted by atomic mass is 16.3. The molecule has 0 aromatic carbocycles. The maximum Gasteiger partial charge on any atom is 0.181 e. The van der Waals surface area contributed by atoms with E-state index in [0.29, 0.717) is 6.04 Å². The predicted octanol–water partition coefficient (Wildman–Crippen LogP) is 2.12. The number of nitrogens with one attached hydrogen (secondary N) is 1. The number of rotatable bonds is 5. The predicted molar refractivity (Wildman–Crippen MR) is 68.0 cm³/mol. The number of nitrogens with zero attached hydrogens (tertiary/aromatic N) is 3. The van der Waals surface area contributed by atoms with Gasteiger partial charge in [-0.2, -0.15) is 5.10 Å². The van der Waals surface area contributed by atoms with Crippen molar-refractivity contribution >= 4 is 0 Å². The zero-order valence-electron chi connectivity index (χ0n) is 10.8. The van der Waals surface area contributed by atoms with Gasteiger partial charge in [0.1, 0.15) is 11.4 Å². The molecule has 0 amide bonds. The molecule has 5 nitrogen and oxygen atoms in total. The lowest BCUT2D eigenvalue weighted by Gasteiger charge is -2.04. The first-order chi connectivity index (χ1) is 8.78. The second-order valence-corrected chi connectivity index (χ2v) is 4.77. The van der Waals surface area contributed by atoms with E-state index in [-0.39, 0.29) is 0 Å². The molecule has 1 N–H and O–H groups in total. The number of oxazole rings is 1. The molecule has 2 aromatic rings. The van der Waals surface area contributed by atoms with Crippen molar-refractivity contribution in [3.8, 4) is 11.5 Å². The maximum atomic E-state index is 5.55.